The van der Waals surface area contributed by atoms with Crippen molar-refractivity contribution in [1.29, 1.82) is 0 Å². The van der Waals surface area contributed by atoms with Gasteiger partial charge in [0.25, 0.3) is 0 Å². The normalized spacial score (nSPS) is 29.3. The van der Waals surface area contributed by atoms with Crippen molar-refractivity contribution in [3.8, 4) is 0 Å². The second kappa shape index (κ2) is 4.11. The van der Waals surface area contributed by atoms with Crippen LogP contribution < -0.4 is 11.1 Å². The molecule has 0 saturated heterocycles. The lowest BCUT2D eigenvalue weighted by molar-refractivity contribution is 0.445. The minimum Gasteiger partial charge on any atom is -0.347 e. The van der Waals surface area contributed by atoms with Crippen LogP contribution in [-0.4, -0.2) is 22.1 Å². The van der Waals surface area contributed by atoms with Gasteiger partial charge in [-0.3, -0.25) is 0 Å². The molecular formula is C10H18N4. The first-order valence-corrected chi connectivity index (χ1v) is 5.26. The van der Waals surface area contributed by atoms with Gasteiger partial charge >= 0.3 is 0 Å². The summed E-state index contributed by atoms with van der Waals surface area (Å²) in [6, 6.07) is 1.24. The summed E-state index contributed by atoms with van der Waals surface area (Å²) in [6.45, 7) is 2.13. The summed E-state index contributed by atoms with van der Waals surface area (Å²) in [4.78, 5) is 7.35. The fourth-order valence-electron chi connectivity index (χ4n) is 2.11. The summed E-state index contributed by atoms with van der Waals surface area (Å²) in [5, 5.41) is 3.54. The van der Waals surface area contributed by atoms with Gasteiger partial charge in [-0.05, 0) is 26.2 Å². The number of hydrogen-bond donors (Lipinski definition) is 3. The second-order valence-electron chi connectivity index (χ2n) is 4.13. The first kappa shape index (κ1) is 9.68. The van der Waals surface area contributed by atoms with Crippen LogP contribution in [0.3, 0.4) is 0 Å². The molecule has 4 N–H and O–H groups in total. The van der Waals surface area contributed by atoms with Crippen LogP contribution in [0.1, 0.15) is 38.1 Å². The zero-order valence-electron chi connectivity index (χ0n) is 8.53. The lowest BCUT2D eigenvalue weighted by Crippen LogP contribution is -2.31. The molecule has 3 unspecified atom stereocenters. The van der Waals surface area contributed by atoms with Gasteiger partial charge in [0.2, 0.25) is 0 Å². The SMILES string of the molecule is CC(NC1CCC(N)C1)c1ncc[nH]1. The Labute approximate surface area is 84.3 Å². The molecule has 1 aliphatic carbocycles. The largest absolute Gasteiger partial charge is 0.347 e. The number of hydrogen-bond acceptors (Lipinski definition) is 3. The molecule has 1 aromatic rings. The van der Waals surface area contributed by atoms with Gasteiger partial charge in [0, 0.05) is 24.5 Å². The van der Waals surface area contributed by atoms with Crippen LogP contribution in [0.5, 0.6) is 0 Å². The molecule has 0 bridgehead atoms. The van der Waals surface area contributed by atoms with Crippen molar-refractivity contribution in [3.05, 3.63) is 18.2 Å². The molecule has 4 nitrogen and oxygen atoms in total. The zero-order chi connectivity index (χ0) is 9.97. The number of nitrogens with one attached hydrogen (secondary N) is 2. The molecule has 78 valence electrons. The van der Waals surface area contributed by atoms with Crippen LogP contribution in [0.2, 0.25) is 0 Å². The van der Waals surface area contributed by atoms with Gasteiger partial charge in [0.1, 0.15) is 5.82 Å². The summed E-state index contributed by atoms with van der Waals surface area (Å²) < 4.78 is 0. The van der Waals surface area contributed by atoms with Crippen molar-refractivity contribution in [1.82, 2.24) is 15.3 Å². The van der Waals surface area contributed by atoms with Gasteiger partial charge in [-0.25, -0.2) is 4.98 Å². The average molecular weight is 194 g/mol. The third-order valence-corrected chi connectivity index (χ3v) is 2.89. The maximum atomic E-state index is 5.86. The molecule has 3 atom stereocenters. The van der Waals surface area contributed by atoms with Crippen molar-refractivity contribution in [2.75, 3.05) is 0 Å². The van der Waals surface area contributed by atoms with E-state index < -0.39 is 0 Å². The van der Waals surface area contributed by atoms with Crippen molar-refractivity contribution >= 4 is 0 Å². The Bertz CT molecular complexity index is 270. The number of nitrogens with two attached hydrogens (primary N) is 1. The summed E-state index contributed by atoms with van der Waals surface area (Å²) in [6.07, 6.45) is 7.06. The van der Waals surface area contributed by atoms with E-state index in [1.165, 1.54) is 6.42 Å². The quantitative estimate of drug-likeness (QED) is 0.671. The van der Waals surface area contributed by atoms with E-state index in [0.717, 1.165) is 18.7 Å². The molecule has 0 amide bonds. The second-order valence-corrected chi connectivity index (χ2v) is 4.13. The molecule has 0 aromatic carbocycles. The highest BCUT2D eigenvalue weighted by Gasteiger charge is 2.23. The summed E-state index contributed by atoms with van der Waals surface area (Å²) in [7, 11) is 0. The standard InChI is InChI=1S/C10H18N4/c1-7(10-12-4-5-13-10)14-9-3-2-8(11)6-9/h4-5,7-9,14H,2-3,6,11H2,1H3,(H,12,13). The smallest absolute Gasteiger partial charge is 0.122 e. The van der Waals surface area contributed by atoms with Crippen molar-refractivity contribution in [2.45, 2.75) is 44.3 Å². The van der Waals surface area contributed by atoms with E-state index in [-0.39, 0.29) is 0 Å². The van der Waals surface area contributed by atoms with Gasteiger partial charge in [-0.15, -0.1) is 0 Å². The van der Waals surface area contributed by atoms with E-state index in [4.69, 9.17) is 5.73 Å². The van der Waals surface area contributed by atoms with Crippen LogP contribution in [0.25, 0.3) is 0 Å². The topological polar surface area (TPSA) is 66.7 Å². The molecule has 0 spiro atoms. The molecule has 1 aliphatic rings. The number of aromatic amines is 1. The molecule has 14 heavy (non-hydrogen) atoms. The number of nitrogens with zero attached hydrogens (tertiary/aromatic N) is 1. The van der Waals surface area contributed by atoms with Gasteiger partial charge < -0.3 is 16.0 Å². The van der Waals surface area contributed by atoms with Crippen molar-refractivity contribution < 1.29 is 0 Å². The van der Waals surface area contributed by atoms with E-state index in [0.29, 0.717) is 18.1 Å². The van der Waals surface area contributed by atoms with E-state index in [1.807, 2.05) is 6.20 Å². The highest BCUT2D eigenvalue weighted by molar-refractivity contribution is 4.96. The Morgan fingerprint density at radius 3 is 3.07 bits per heavy atom. The summed E-state index contributed by atoms with van der Waals surface area (Å²) in [5.74, 6) is 1.01. The van der Waals surface area contributed by atoms with E-state index in [9.17, 15) is 0 Å². The maximum absolute atomic E-state index is 5.86. The Kier molecular flexibility index (Phi) is 2.84. The van der Waals surface area contributed by atoms with E-state index >= 15 is 0 Å². The first-order valence-electron chi connectivity index (χ1n) is 5.26. The third kappa shape index (κ3) is 2.13. The third-order valence-electron chi connectivity index (χ3n) is 2.89. The molecule has 1 aromatic heterocycles. The molecule has 1 heterocycles. The van der Waals surface area contributed by atoms with Gasteiger partial charge in [-0.2, -0.15) is 0 Å². The molecular weight excluding hydrogens is 176 g/mol. The van der Waals surface area contributed by atoms with E-state index in [1.54, 1.807) is 6.20 Å². The highest BCUT2D eigenvalue weighted by atomic mass is 15.0. The van der Waals surface area contributed by atoms with Crippen LogP contribution in [0.4, 0.5) is 0 Å². The molecule has 0 aliphatic heterocycles. The Morgan fingerprint density at radius 1 is 1.64 bits per heavy atom. The van der Waals surface area contributed by atoms with Crippen LogP contribution in [0, 0.1) is 0 Å². The fourth-order valence-corrected chi connectivity index (χ4v) is 2.11. The van der Waals surface area contributed by atoms with Gasteiger partial charge in [0.15, 0.2) is 0 Å². The monoisotopic (exact) mass is 194 g/mol. The minimum absolute atomic E-state index is 0.292. The lowest BCUT2D eigenvalue weighted by Gasteiger charge is -2.17. The average Bonchev–Trinajstić information content (AvgIpc) is 2.75. The maximum Gasteiger partial charge on any atom is 0.122 e. The Morgan fingerprint density at radius 2 is 2.50 bits per heavy atom. The summed E-state index contributed by atoms with van der Waals surface area (Å²) >= 11 is 0. The predicted molar refractivity (Wildman–Crippen MR) is 55.8 cm³/mol. The van der Waals surface area contributed by atoms with Crippen molar-refractivity contribution in [2.24, 2.45) is 5.73 Å². The van der Waals surface area contributed by atoms with Crippen LogP contribution in [0.15, 0.2) is 12.4 Å². The number of H-pyrrole nitrogens is 1. The number of imidazole rings is 1. The van der Waals surface area contributed by atoms with Gasteiger partial charge in [-0.1, -0.05) is 0 Å². The lowest BCUT2D eigenvalue weighted by atomic mass is 10.2. The molecule has 1 fully saturated rings. The molecule has 1 saturated carbocycles. The Hall–Kier alpha value is -0.870. The zero-order valence-corrected chi connectivity index (χ0v) is 8.53. The first-order chi connectivity index (χ1) is 6.75. The van der Waals surface area contributed by atoms with Crippen molar-refractivity contribution in [3.63, 3.8) is 0 Å². The minimum atomic E-state index is 0.292. The highest BCUT2D eigenvalue weighted by Crippen LogP contribution is 2.20. The van der Waals surface area contributed by atoms with Crippen LogP contribution >= 0.6 is 0 Å². The van der Waals surface area contributed by atoms with Gasteiger partial charge in [0.05, 0.1) is 6.04 Å². The number of aromatic nitrogens is 2. The molecule has 2 rings (SSSR count). The Balaban J connectivity index is 1.86. The van der Waals surface area contributed by atoms with E-state index in [2.05, 4.69) is 22.2 Å². The molecule has 0 radical (unpaired) electrons. The number of rotatable bonds is 3. The van der Waals surface area contributed by atoms with Crippen LogP contribution in [-0.2, 0) is 0 Å². The molecule has 4 heteroatoms. The predicted octanol–water partition coefficient (Wildman–Crippen LogP) is 0.940. The fraction of sp³-hybridized carbons (Fsp3) is 0.700. The summed E-state index contributed by atoms with van der Waals surface area (Å²) in [5.41, 5.74) is 5.86.